The van der Waals surface area contributed by atoms with Gasteiger partial charge >= 0.3 is 0 Å². The molecule has 3 atom stereocenters. The standard InChI is InChI=1S/C33H27Cl2N3OS/c1-37-20-25(19-22-11-15-26(34)16-12-22)33-28(21-37)31(23-13-17-27(35)18-14-23)40-30-10-6-5-9-29(30)38(33)32(36-39-33)24-7-3-2-4-8-24/h2-19,28,31H,20-21H2,1H3/b25-19+/t28-,31-,33+/m0/s1. The number of oxime groups is 1. The van der Waals surface area contributed by atoms with Crippen LogP contribution in [0.3, 0.4) is 0 Å². The van der Waals surface area contributed by atoms with E-state index in [2.05, 4.69) is 95.7 Å². The van der Waals surface area contributed by atoms with Crippen molar-refractivity contribution in [2.45, 2.75) is 15.9 Å². The molecule has 0 saturated carbocycles. The Kier molecular flexibility index (Phi) is 6.63. The average molecular weight is 585 g/mol. The molecule has 3 aliphatic heterocycles. The number of halogens is 2. The highest BCUT2D eigenvalue weighted by atomic mass is 35.5. The van der Waals surface area contributed by atoms with E-state index in [4.69, 9.17) is 33.2 Å². The summed E-state index contributed by atoms with van der Waals surface area (Å²) in [6, 6.07) is 35.2. The fraction of sp³-hybridized carbons (Fsp3) is 0.182. The Bertz CT molecular complexity index is 1610. The zero-order valence-electron chi connectivity index (χ0n) is 21.9. The van der Waals surface area contributed by atoms with Crippen LogP contribution in [0.4, 0.5) is 5.69 Å². The molecule has 4 nitrogen and oxygen atoms in total. The summed E-state index contributed by atoms with van der Waals surface area (Å²) in [7, 11) is 2.18. The number of hydrogen-bond acceptors (Lipinski definition) is 5. The van der Waals surface area contributed by atoms with Gasteiger partial charge in [0.25, 0.3) is 0 Å². The molecule has 1 fully saturated rings. The maximum atomic E-state index is 6.84. The molecule has 1 saturated heterocycles. The van der Waals surface area contributed by atoms with Gasteiger partial charge in [0.05, 0.1) is 11.6 Å². The quantitative estimate of drug-likeness (QED) is 0.242. The summed E-state index contributed by atoms with van der Waals surface area (Å²) in [5.41, 5.74) is 4.73. The first-order chi connectivity index (χ1) is 19.5. The molecule has 40 heavy (non-hydrogen) atoms. The van der Waals surface area contributed by atoms with Crippen LogP contribution in [0.1, 0.15) is 21.9 Å². The molecule has 0 bridgehead atoms. The van der Waals surface area contributed by atoms with E-state index in [1.54, 1.807) is 0 Å². The molecule has 7 heteroatoms. The summed E-state index contributed by atoms with van der Waals surface area (Å²) in [6.45, 7) is 1.58. The van der Waals surface area contributed by atoms with Crippen LogP contribution in [0.5, 0.6) is 0 Å². The SMILES string of the molecule is CN1C/C(=C\c2ccc(Cl)cc2)[C@]23ON=C(c4ccccc4)N2c2ccccc2S[C@@H](c2ccc(Cl)cc2)[C@@H]3C1. The summed E-state index contributed by atoms with van der Waals surface area (Å²) < 4.78 is 0. The van der Waals surface area contributed by atoms with Crippen LogP contribution in [-0.2, 0) is 4.84 Å². The van der Waals surface area contributed by atoms with Gasteiger partial charge in [0.2, 0.25) is 5.72 Å². The van der Waals surface area contributed by atoms with Crippen LogP contribution < -0.4 is 4.90 Å². The number of fused-ring (bicyclic) bond motifs is 2. The number of likely N-dealkylation sites (tertiary alicyclic amines) is 1. The van der Waals surface area contributed by atoms with Gasteiger partial charge in [-0.25, -0.2) is 0 Å². The lowest BCUT2D eigenvalue weighted by atomic mass is 9.77. The highest BCUT2D eigenvalue weighted by Crippen LogP contribution is 2.59. The highest BCUT2D eigenvalue weighted by Gasteiger charge is 2.62. The molecule has 0 aromatic heterocycles. The molecule has 4 aromatic carbocycles. The van der Waals surface area contributed by atoms with Crippen molar-refractivity contribution in [3.05, 3.63) is 135 Å². The third-order valence-corrected chi connectivity index (χ3v) is 9.85. The zero-order valence-corrected chi connectivity index (χ0v) is 24.2. The van der Waals surface area contributed by atoms with E-state index >= 15 is 0 Å². The van der Waals surface area contributed by atoms with Crippen molar-refractivity contribution >= 4 is 52.6 Å². The van der Waals surface area contributed by atoms with E-state index in [0.29, 0.717) is 0 Å². The maximum Gasteiger partial charge on any atom is 0.244 e. The van der Waals surface area contributed by atoms with Crippen LogP contribution in [0.2, 0.25) is 10.0 Å². The lowest BCUT2D eigenvalue weighted by Gasteiger charge is -2.50. The Balaban J connectivity index is 1.49. The van der Waals surface area contributed by atoms with Crippen LogP contribution >= 0.6 is 35.0 Å². The minimum absolute atomic E-state index is 0.0355. The van der Waals surface area contributed by atoms with Gasteiger partial charge in [-0.15, -0.1) is 11.8 Å². The van der Waals surface area contributed by atoms with Gasteiger partial charge in [-0.1, -0.05) is 95.1 Å². The third-order valence-electron chi connectivity index (χ3n) is 7.89. The molecular weight excluding hydrogens is 557 g/mol. The van der Waals surface area contributed by atoms with E-state index in [-0.39, 0.29) is 11.2 Å². The predicted molar refractivity (Wildman–Crippen MR) is 166 cm³/mol. The number of nitrogens with zero attached hydrogens (tertiary/aromatic N) is 3. The largest absolute Gasteiger partial charge is 0.359 e. The number of piperidine rings is 1. The Labute approximate surface area is 248 Å². The van der Waals surface area contributed by atoms with E-state index < -0.39 is 5.72 Å². The molecule has 1 spiro atoms. The second kappa shape index (κ2) is 10.3. The fourth-order valence-corrected chi connectivity index (χ4v) is 7.83. The molecule has 0 radical (unpaired) electrons. The van der Waals surface area contributed by atoms with Gasteiger partial charge in [-0.05, 0) is 60.6 Å². The molecule has 7 rings (SSSR count). The van der Waals surface area contributed by atoms with Gasteiger partial charge in [-0.2, -0.15) is 0 Å². The minimum Gasteiger partial charge on any atom is -0.359 e. The molecule has 200 valence electrons. The van der Waals surface area contributed by atoms with E-state index in [1.165, 1.54) is 10.5 Å². The van der Waals surface area contributed by atoms with Crippen LogP contribution in [0, 0.1) is 5.92 Å². The van der Waals surface area contributed by atoms with E-state index in [9.17, 15) is 0 Å². The minimum atomic E-state index is -0.832. The van der Waals surface area contributed by atoms with Crippen LogP contribution in [0.15, 0.2) is 119 Å². The second-order valence-electron chi connectivity index (χ2n) is 10.5. The molecule has 0 amide bonds. The first-order valence-electron chi connectivity index (χ1n) is 13.3. The van der Waals surface area contributed by atoms with Gasteiger partial charge in [-0.3, -0.25) is 4.90 Å². The number of likely N-dealkylation sites (N-methyl/N-ethyl adjacent to an activating group) is 1. The number of hydrogen-bond donors (Lipinski definition) is 0. The normalized spacial score (nSPS) is 24.9. The predicted octanol–water partition coefficient (Wildman–Crippen LogP) is 8.38. The first kappa shape index (κ1) is 25.7. The smallest absolute Gasteiger partial charge is 0.244 e. The number of thioether (sulfide) groups is 1. The maximum absolute atomic E-state index is 6.84. The molecule has 0 N–H and O–H groups in total. The van der Waals surface area contributed by atoms with Gasteiger partial charge in [0.1, 0.15) is 0 Å². The molecule has 4 aromatic rings. The fourth-order valence-electron chi connectivity index (χ4n) is 6.14. The molecule has 3 heterocycles. The average Bonchev–Trinajstić information content (AvgIpc) is 3.31. The third kappa shape index (κ3) is 4.33. The number of anilines is 1. The van der Waals surface area contributed by atoms with Gasteiger partial charge in [0, 0.05) is 44.4 Å². The summed E-state index contributed by atoms with van der Waals surface area (Å²) >= 11 is 14.5. The number of benzene rings is 4. The molecular formula is C33H27Cl2N3OS. The lowest BCUT2D eigenvalue weighted by molar-refractivity contribution is -0.0595. The summed E-state index contributed by atoms with van der Waals surface area (Å²) in [4.78, 5) is 12.8. The monoisotopic (exact) mass is 583 g/mol. The van der Waals surface area contributed by atoms with E-state index in [1.807, 2.05) is 42.1 Å². The lowest BCUT2D eigenvalue weighted by Crippen LogP contribution is -2.63. The topological polar surface area (TPSA) is 28.1 Å². The highest BCUT2D eigenvalue weighted by molar-refractivity contribution is 7.99. The van der Waals surface area contributed by atoms with Crippen molar-refractivity contribution < 1.29 is 4.84 Å². The molecule has 0 unspecified atom stereocenters. The number of para-hydroxylation sites is 1. The van der Waals surface area contributed by atoms with Gasteiger partial charge < -0.3 is 9.74 Å². The van der Waals surface area contributed by atoms with Crippen molar-refractivity contribution in [1.29, 1.82) is 0 Å². The summed E-state index contributed by atoms with van der Waals surface area (Å²) in [5, 5.41) is 6.41. The van der Waals surface area contributed by atoms with Crippen molar-refractivity contribution in [3.8, 4) is 0 Å². The first-order valence-corrected chi connectivity index (χ1v) is 14.9. The summed E-state index contributed by atoms with van der Waals surface area (Å²) in [5.74, 6) is 0.857. The second-order valence-corrected chi connectivity index (χ2v) is 12.5. The zero-order chi connectivity index (χ0) is 27.3. The molecule has 0 aliphatic carbocycles. The van der Waals surface area contributed by atoms with Crippen molar-refractivity contribution in [1.82, 2.24) is 4.90 Å². The summed E-state index contributed by atoms with van der Waals surface area (Å²) in [6.07, 6.45) is 2.26. The van der Waals surface area contributed by atoms with Crippen molar-refractivity contribution in [2.24, 2.45) is 11.1 Å². The van der Waals surface area contributed by atoms with Crippen LogP contribution in [0.25, 0.3) is 6.08 Å². The molecule has 3 aliphatic rings. The Morgan fingerprint density at radius 1 is 0.875 bits per heavy atom. The van der Waals surface area contributed by atoms with Crippen LogP contribution in [-0.4, -0.2) is 36.6 Å². The number of amidine groups is 1. The Hall–Kier alpha value is -3.22. The Morgan fingerprint density at radius 2 is 1.55 bits per heavy atom. The van der Waals surface area contributed by atoms with Crippen molar-refractivity contribution in [3.63, 3.8) is 0 Å². The number of rotatable bonds is 3. The Morgan fingerprint density at radius 3 is 2.30 bits per heavy atom. The van der Waals surface area contributed by atoms with Gasteiger partial charge in [0.15, 0.2) is 5.84 Å². The van der Waals surface area contributed by atoms with Crippen molar-refractivity contribution in [2.75, 3.05) is 25.0 Å². The van der Waals surface area contributed by atoms with E-state index in [0.717, 1.165) is 51.4 Å².